The molecule has 0 saturated carbocycles. The summed E-state index contributed by atoms with van der Waals surface area (Å²) in [6.45, 7) is 3.68. The number of benzene rings is 2. The van der Waals surface area contributed by atoms with Crippen molar-refractivity contribution < 1.29 is 22.7 Å². The molecule has 35 heavy (non-hydrogen) atoms. The SMILES string of the molecule is Cc1c(NC(=O)c2ccc(N3CC[C@H](N(C)C)C3)nc2)cccc1-c1ccc(OC(F)(F)F)cc1. The maximum Gasteiger partial charge on any atom is 0.573 e. The predicted octanol–water partition coefficient (Wildman–Crippen LogP) is 5.35. The molecule has 4 rings (SSSR count). The van der Waals surface area contributed by atoms with Crippen LogP contribution >= 0.6 is 0 Å². The second kappa shape index (κ2) is 9.95. The van der Waals surface area contributed by atoms with Gasteiger partial charge in [-0.25, -0.2) is 4.98 Å². The van der Waals surface area contributed by atoms with E-state index >= 15 is 0 Å². The number of halogens is 3. The molecule has 1 saturated heterocycles. The third-order valence-electron chi connectivity index (χ3n) is 6.21. The highest BCUT2D eigenvalue weighted by Gasteiger charge is 2.31. The molecule has 1 atom stereocenters. The first kappa shape index (κ1) is 24.5. The van der Waals surface area contributed by atoms with E-state index in [4.69, 9.17) is 0 Å². The van der Waals surface area contributed by atoms with Crippen molar-refractivity contribution in [3.8, 4) is 16.9 Å². The summed E-state index contributed by atoms with van der Waals surface area (Å²) < 4.78 is 41.2. The topological polar surface area (TPSA) is 57.7 Å². The predicted molar refractivity (Wildman–Crippen MR) is 130 cm³/mol. The van der Waals surface area contributed by atoms with Crippen molar-refractivity contribution in [2.75, 3.05) is 37.4 Å². The van der Waals surface area contributed by atoms with E-state index in [-0.39, 0.29) is 11.7 Å². The van der Waals surface area contributed by atoms with Crippen LogP contribution in [-0.4, -0.2) is 55.4 Å². The molecule has 1 aromatic heterocycles. The number of aromatic nitrogens is 1. The Hall–Kier alpha value is -3.59. The molecule has 0 unspecified atom stereocenters. The van der Waals surface area contributed by atoms with E-state index < -0.39 is 6.36 Å². The minimum absolute atomic E-state index is 0.286. The van der Waals surface area contributed by atoms with Gasteiger partial charge in [0.25, 0.3) is 5.91 Å². The van der Waals surface area contributed by atoms with Gasteiger partial charge in [0.15, 0.2) is 0 Å². The van der Waals surface area contributed by atoms with Gasteiger partial charge in [-0.1, -0.05) is 24.3 Å². The molecule has 2 heterocycles. The molecular formula is C26H27F3N4O2. The number of carbonyl (C=O) groups is 1. The molecule has 6 nitrogen and oxygen atoms in total. The van der Waals surface area contributed by atoms with E-state index in [1.54, 1.807) is 36.5 Å². The molecule has 1 N–H and O–H groups in total. The highest BCUT2D eigenvalue weighted by molar-refractivity contribution is 6.05. The fourth-order valence-electron chi connectivity index (χ4n) is 4.19. The third-order valence-corrected chi connectivity index (χ3v) is 6.21. The smallest absolute Gasteiger partial charge is 0.406 e. The van der Waals surface area contributed by atoms with Crippen molar-refractivity contribution in [1.82, 2.24) is 9.88 Å². The number of nitrogens with zero attached hydrogens (tertiary/aromatic N) is 3. The number of likely N-dealkylation sites (N-methyl/N-ethyl adjacent to an activating group) is 1. The van der Waals surface area contributed by atoms with Crippen LogP contribution in [0.5, 0.6) is 5.75 Å². The van der Waals surface area contributed by atoms with Crippen molar-refractivity contribution in [2.24, 2.45) is 0 Å². The van der Waals surface area contributed by atoms with Gasteiger partial charge in [-0.3, -0.25) is 4.79 Å². The van der Waals surface area contributed by atoms with Gasteiger partial charge < -0.3 is 19.9 Å². The van der Waals surface area contributed by atoms with Crippen LogP contribution in [0.25, 0.3) is 11.1 Å². The normalized spacial score (nSPS) is 16.0. The minimum atomic E-state index is -4.74. The quantitative estimate of drug-likeness (QED) is 0.511. The van der Waals surface area contributed by atoms with Gasteiger partial charge in [0.1, 0.15) is 11.6 Å². The lowest BCUT2D eigenvalue weighted by molar-refractivity contribution is -0.274. The monoisotopic (exact) mass is 484 g/mol. The fourth-order valence-corrected chi connectivity index (χ4v) is 4.19. The maximum absolute atomic E-state index is 12.9. The number of nitrogens with one attached hydrogen (secondary N) is 1. The standard InChI is InChI=1S/C26H27F3N4O2/c1-17-22(18-7-10-21(11-8-18)35-26(27,28)29)5-4-6-23(17)31-25(34)19-9-12-24(30-15-19)33-14-13-20(16-33)32(2)3/h4-12,15,20H,13-14,16H2,1-3H3,(H,31,34)/t20-/m0/s1. The van der Waals surface area contributed by atoms with Gasteiger partial charge in [-0.15, -0.1) is 13.2 Å². The van der Waals surface area contributed by atoms with Crippen molar-refractivity contribution in [1.29, 1.82) is 0 Å². The van der Waals surface area contributed by atoms with Gasteiger partial charge in [-0.05, 0) is 74.5 Å². The largest absolute Gasteiger partial charge is 0.573 e. The van der Waals surface area contributed by atoms with Gasteiger partial charge in [0, 0.05) is 31.0 Å². The van der Waals surface area contributed by atoms with Crippen molar-refractivity contribution in [3.05, 3.63) is 71.9 Å². The van der Waals surface area contributed by atoms with E-state index in [2.05, 4.69) is 38.9 Å². The van der Waals surface area contributed by atoms with Crippen LogP contribution in [0.1, 0.15) is 22.3 Å². The molecule has 1 amide bonds. The Morgan fingerprint density at radius 2 is 1.86 bits per heavy atom. The van der Waals surface area contributed by atoms with Crippen LogP contribution in [0.15, 0.2) is 60.8 Å². The zero-order valence-electron chi connectivity index (χ0n) is 19.8. The Balaban J connectivity index is 1.45. The Labute approximate surface area is 202 Å². The number of hydrogen-bond acceptors (Lipinski definition) is 5. The van der Waals surface area contributed by atoms with Gasteiger partial charge in [0.05, 0.1) is 5.56 Å². The lowest BCUT2D eigenvalue weighted by Crippen LogP contribution is -2.31. The molecule has 0 radical (unpaired) electrons. The van der Waals surface area contributed by atoms with Crippen LogP contribution in [0, 0.1) is 6.92 Å². The molecule has 0 bridgehead atoms. The second-order valence-electron chi connectivity index (χ2n) is 8.76. The summed E-state index contributed by atoms with van der Waals surface area (Å²) in [6, 6.07) is 15.2. The summed E-state index contributed by atoms with van der Waals surface area (Å²) in [4.78, 5) is 21.8. The summed E-state index contributed by atoms with van der Waals surface area (Å²) in [5.74, 6) is 0.276. The first-order valence-corrected chi connectivity index (χ1v) is 11.3. The number of hydrogen-bond donors (Lipinski definition) is 1. The fraction of sp³-hybridized carbons (Fsp3) is 0.308. The van der Waals surface area contributed by atoms with Crippen molar-refractivity contribution in [2.45, 2.75) is 25.7 Å². The Morgan fingerprint density at radius 3 is 2.46 bits per heavy atom. The van der Waals surface area contributed by atoms with Crippen molar-refractivity contribution >= 4 is 17.4 Å². The summed E-state index contributed by atoms with van der Waals surface area (Å²) in [6.07, 6.45) is -2.09. The van der Waals surface area contributed by atoms with E-state index in [0.717, 1.165) is 36.5 Å². The van der Waals surface area contributed by atoms with E-state index in [1.807, 2.05) is 19.1 Å². The first-order chi connectivity index (χ1) is 16.6. The number of ether oxygens (including phenoxy) is 1. The van der Waals surface area contributed by atoms with Crippen LogP contribution in [-0.2, 0) is 0 Å². The summed E-state index contributed by atoms with van der Waals surface area (Å²) >= 11 is 0. The third kappa shape index (κ3) is 5.92. The highest BCUT2D eigenvalue weighted by atomic mass is 19.4. The summed E-state index contributed by atoms with van der Waals surface area (Å²) in [5.41, 5.74) is 3.35. The molecule has 2 aromatic carbocycles. The highest BCUT2D eigenvalue weighted by Crippen LogP contribution is 2.31. The van der Waals surface area contributed by atoms with Gasteiger partial charge in [0.2, 0.25) is 0 Å². The Kier molecular flexibility index (Phi) is 6.98. The molecule has 9 heteroatoms. The van der Waals surface area contributed by atoms with E-state index in [9.17, 15) is 18.0 Å². The molecule has 1 fully saturated rings. The second-order valence-corrected chi connectivity index (χ2v) is 8.76. The maximum atomic E-state index is 12.9. The Bertz CT molecular complexity index is 1180. The molecule has 3 aromatic rings. The molecule has 1 aliphatic rings. The van der Waals surface area contributed by atoms with Gasteiger partial charge >= 0.3 is 6.36 Å². The number of pyridine rings is 1. The van der Waals surface area contributed by atoms with Crippen LogP contribution in [0.2, 0.25) is 0 Å². The molecule has 184 valence electrons. The number of amides is 1. The van der Waals surface area contributed by atoms with Crippen LogP contribution in [0.3, 0.4) is 0 Å². The summed E-state index contributed by atoms with van der Waals surface area (Å²) in [5, 5.41) is 2.92. The average Bonchev–Trinajstić information content (AvgIpc) is 3.31. The molecule has 0 aliphatic carbocycles. The first-order valence-electron chi connectivity index (χ1n) is 11.3. The number of alkyl halides is 3. The lowest BCUT2D eigenvalue weighted by Gasteiger charge is -2.21. The minimum Gasteiger partial charge on any atom is -0.406 e. The van der Waals surface area contributed by atoms with Crippen LogP contribution in [0.4, 0.5) is 24.7 Å². The zero-order valence-corrected chi connectivity index (χ0v) is 19.8. The molecule has 0 spiro atoms. The molecule has 1 aliphatic heterocycles. The molecular weight excluding hydrogens is 457 g/mol. The summed E-state index contributed by atoms with van der Waals surface area (Å²) in [7, 11) is 4.15. The number of rotatable bonds is 6. The van der Waals surface area contributed by atoms with Gasteiger partial charge in [-0.2, -0.15) is 0 Å². The number of anilines is 2. The van der Waals surface area contributed by atoms with E-state index in [1.165, 1.54) is 12.1 Å². The average molecular weight is 485 g/mol. The lowest BCUT2D eigenvalue weighted by atomic mass is 9.99. The van der Waals surface area contributed by atoms with E-state index in [0.29, 0.717) is 22.9 Å². The zero-order chi connectivity index (χ0) is 25.2. The van der Waals surface area contributed by atoms with Crippen molar-refractivity contribution in [3.63, 3.8) is 0 Å². The van der Waals surface area contributed by atoms with Crippen LogP contribution < -0.4 is 15.0 Å². The number of carbonyl (C=O) groups excluding carboxylic acids is 1. The Morgan fingerprint density at radius 1 is 1.11 bits per heavy atom.